The van der Waals surface area contributed by atoms with Crippen molar-refractivity contribution in [3.05, 3.63) is 130 Å². The molecule has 26 heteroatoms. The lowest BCUT2D eigenvalue weighted by Crippen LogP contribution is -2.20. The van der Waals surface area contributed by atoms with Gasteiger partial charge in [0.1, 0.15) is 23.0 Å². The molecule has 0 bridgehead atoms. The van der Waals surface area contributed by atoms with E-state index in [1.807, 2.05) is 0 Å². The maximum atomic E-state index is 12.8. The Morgan fingerprint density at radius 2 is 0.942 bits per heavy atom. The number of anilines is 2. The van der Waals surface area contributed by atoms with Crippen molar-refractivity contribution in [3.63, 3.8) is 0 Å². The van der Waals surface area contributed by atoms with Gasteiger partial charge in [0, 0.05) is 59.4 Å². The lowest BCUT2D eigenvalue weighted by molar-refractivity contribution is 0.258. The van der Waals surface area contributed by atoms with Crippen LogP contribution in [-0.2, 0) is 52.2 Å². The molecule has 7 aromatic rings. The first-order valence-electron chi connectivity index (χ1n) is 19.8. The van der Waals surface area contributed by atoms with Gasteiger partial charge in [-0.05, 0) is 71.8 Å². The van der Waals surface area contributed by atoms with Gasteiger partial charge in [0.2, 0.25) is 0 Å². The Morgan fingerprint density at radius 3 is 1.35 bits per heavy atom. The van der Waals surface area contributed by atoms with Gasteiger partial charge in [0.25, 0.3) is 0 Å². The van der Waals surface area contributed by atoms with E-state index in [1.165, 1.54) is 84.9 Å². The number of hydrogen-bond donors (Lipinski definition) is 5. The molecule has 1 aromatic heterocycles. The Kier molecular flexibility index (Phi) is 13.3. The predicted octanol–water partition coefficient (Wildman–Crippen LogP) is 6.08. The molecule has 69 heavy (non-hydrogen) atoms. The van der Waals surface area contributed by atoms with Crippen molar-refractivity contribution in [2.24, 2.45) is 31.9 Å². The molecule has 0 radical (unpaired) electrons. The standard InChI is InChI=1S/C43H39N11O11S4/c1-66(58,59)35-9-5-7-27-29(35)19-25(21-37(27)68(3,62)63)51-53-31-13-11-23(15-33(31)46-41(44)55)17-39-48-40(50-43(57)49-39)18-24-12-14-32(34(16-24)47-42(45)56)54-52-26-20-30-28(38(22-26)69(4,64)65)8-6-10-36(30)67(2,60)61/h5-16,19-22H,17-18H2,1-4H3,(H3,44,46,55)(H3,45,47,56)(H,48,49,50,57). The minimum atomic E-state index is -3.88. The first-order chi connectivity index (χ1) is 32.2. The normalized spacial score (nSPS) is 12.5. The Balaban J connectivity index is 1.17. The molecule has 356 valence electrons. The number of aromatic amines is 1. The number of urea groups is 2. The summed E-state index contributed by atoms with van der Waals surface area (Å²) in [5.41, 5.74) is 11.4. The second-order valence-corrected chi connectivity index (χ2v) is 23.6. The molecular weight excluding hydrogens is 975 g/mol. The summed E-state index contributed by atoms with van der Waals surface area (Å²) in [6.45, 7) is 0. The molecule has 0 saturated heterocycles. The van der Waals surface area contributed by atoms with Crippen LogP contribution in [0.3, 0.4) is 0 Å². The number of azo groups is 2. The summed E-state index contributed by atoms with van der Waals surface area (Å²) >= 11 is 0. The van der Waals surface area contributed by atoms with E-state index in [-0.39, 0.29) is 99.7 Å². The second-order valence-electron chi connectivity index (χ2n) is 15.6. The zero-order valence-corrected chi connectivity index (χ0v) is 39.9. The third-order valence-corrected chi connectivity index (χ3v) is 14.7. The molecule has 0 aliphatic carbocycles. The molecule has 0 unspecified atom stereocenters. The van der Waals surface area contributed by atoms with Gasteiger partial charge < -0.3 is 22.1 Å². The molecule has 6 aromatic carbocycles. The van der Waals surface area contributed by atoms with Crippen LogP contribution in [0.15, 0.2) is 142 Å². The minimum Gasteiger partial charge on any atom is -0.351 e. The van der Waals surface area contributed by atoms with Crippen LogP contribution >= 0.6 is 0 Å². The molecule has 0 fully saturated rings. The highest BCUT2D eigenvalue weighted by atomic mass is 32.2. The van der Waals surface area contributed by atoms with E-state index in [1.54, 1.807) is 12.1 Å². The van der Waals surface area contributed by atoms with Crippen LogP contribution in [0.1, 0.15) is 22.8 Å². The fourth-order valence-electron chi connectivity index (χ4n) is 7.26. The number of nitrogens with two attached hydrogens (primary N) is 2. The number of primary amides is 2. The zero-order valence-electron chi connectivity index (χ0n) is 36.6. The second kappa shape index (κ2) is 18.7. The Hall–Kier alpha value is -7.81. The van der Waals surface area contributed by atoms with E-state index < -0.39 is 57.1 Å². The van der Waals surface area contributed by atoms with Gasteiger partial charge in [0.05, 0.1) is 42.3 Å². The Morgan fingerprint density at radius 1 is 0.522 bits per heavy atom. The number of carbonyl (C=O) groups excluding carboxylic acids is 2. The van der Waals surface area contributed by atoms with Crippen molar-refractivity contribution in [2.45, 2.75) is 32.4 Å². The number of sulfone groups is 4. The van der Waals surface area contributed by atoms with Crippen LogP contribution < -0.4 is 27.8 Å². The predicted molar refractivity (Wildman–Crippen MR) is 256 cm³/mol. The number of nitrogens with zero attached hydrogens (tertiary/aromatic N) is 6. The molecule has 7 rings (SSSR count). The summed E-state index contributed by atoms with van der Waals surface area (Å²) in [4.78, 5) is 47.4. The first-order valence-corrected chi connectivity index (χ1v) is 27.4. The quantitative estimate of drug-likeness (QED) is 0.0772. The third kappa shape index (κ3) is 11.7. The van der Waals surface area contributed by atoms with Gasteiger partial charge in [-0.2, -0.15) is 15.2 Å². The summed E-state index contributed by atoms with van der Waals surface area (Å²) in [7, 11) is -15.3. The molecule has 0 aliphatic rings. The van der Waals surface area contributed by atoms with E-state index in [4.69, 9.17) is 11.5 Å². The topological polar surface area (TPSA) is 355 Å². The molecule has 0 aliphatic heterocycles. The Labute approximate surface area is 393 Å². The molecule has 1 heterocycles. The first kappa shape index (κ1) is 49.1. The van der Waals surface area contributed by atoms with Gasteiger partial charge >= 0.3 is 17.8 Å². The van der Waals surface area contributed by atoms with Gasteiger partial charge in [-0.1, -0.05) is 36.4 Å². The van der Waals surface area contributed by atoms with Crippen LogP contribution in [-0.4, -0.2) is 85.7 Å². The highest BCUT2D eigenvalue weighted by Crippen LogP contribution is 2.37. The largest absolute Gasteiger partial charge is 0.351 e. The van der Waals surface area contributed by atoms with Crippen LogP contribution in [0.25, 0.3) is 21.5 Å². The van der Waals surface area contributed by atoms with Crippen molar-refractivity contribution in [3.8, 4) is 0 Å². The average molecular weight is 1010 g/mol. The fraction of sp³-hybridized carbons (Fsp3) is 0.140. The average Bonchev–Trinajstić information content (AvgIpc) is 3.23. The smallest absolute Gasteiger partial charge is 0.348 e. The van der Waals surface area contributed by atoms with Crippen molar-refractivity contribution >= 4 is 107 Å². The highest BCUT2D eigenvalue weighted by molar-refractivity contribution is 7.92. The van der Waals surface area contributed by atoms with E-state index in [0.717, 1.165) is 25.0 Å². The number of amides is 4. The third-order valence-electron chi connectivity index (χ3n) is 10.1. The molecule has 0 spiro atoms. The number of fused-ring (bicyclic) bond motifs is 2. The molecule has 0 saturated carbocycles. The number of nitrogens with one attached hydrogen (secondary N) is 3. The van der Waals surface area contributed by atoms with Crippen LogP contribution in [0, 0.1) is 0 Å². The highest BCUT2D eigenvalue weighted by Gasteiger charge is 2.21. The number of aromatic nitrogens is 3. The van der Waals surface area contributed by atoms with Crippen molar-refractivity contribution in [1.29, 1.82) is 0 Å². The van der Waals surface area contributed by atoms with Crippen molar-refractivity contribution in [1.82, 2.24) is 15.0 Å². The lowest BCUT2D eigenvalue weighted by Gasteiger charge is -2.11. The van der Waals surface area contributed by atoms with Crippen LogP contribution in [0.5, 0.6) is 0 Å². The Bertz CT molecular complexity index is 3650. The lowest BCUT2D eigenvalue weighted by atomic mass is 10.1. The van der Waals surface area contributed by atoms with E-state index >= 15 is 0 Å². The summed E-state index contributed by atoms with van der Waals surface area (Å²) in [5, 5.41) is 22.2. The zero-order chi connectivity index (χ0) is 50.2. The number of carbonyl (C=O) groups is 2. The van der Waals surface area contributed by atoms with Gasteiger partial charge in [-0.3, -0.25) is 4.98 Å². The molecule has 7 N–H and O–H groups in total. The number of H-pyrrole nitrogens is 1. The SMILES string of the molecule is CS(=O)(=O)c1cc(N=Nc2ccc(Cc3nc(Cc4ccc(N=Nc5cc(S(C)(=O)=O)c6cccc(S(C)(=O)=O)c6c5)c(NC(N)=O)c4)[nH]c(=O)n3)cc2NC(N)=O)cc2c(S(C)(=O)=O)cccc12. The number of hydrogen-bond acceptors (Lipinski definition) is 17. The monoisotopic (exact) mass is 1010 g/mol. The van der Waals surface area contributed by atoms with E-state index in [9.17, 15) is 48.1 Å². The van der Waals surface area contributed by atoms with Gasteiger partial charge in [-0.25, -0.2) is 53.0 Å². The molecular formula is C43H39N11O11S4. The minimum absolute atomic E-state index is 0.00604. The van der Waals surface area contributed by atoms with Crippen LogP contribution in [0.4, 0.5) is 43.7 Å². The van der Waals surface area contributed by atoms with Crippen molar-refractivity contribution < 1.29 is 43.3 Å². The van der Waals surface area contributed by atoms with Gasteiger partial charge in [0.15, 0.2) is 39.3 Å². The van der Waals surface area contributed by atoms with Gasteiger partial charge in [-0.15, -0.1) is 10.2 Å². The van der Waals surface area contributed by atoms with Crippen LogP contribution in [0.2, 0.25) is 0 Å². The number of rotatable bonds is 14. The number of benzene rings is 6. The molecule has 4 amide bonds. The summed E-state index contributed by atoms with van der Waals surface area (Å²) in [5.74, 6) is 0.211. The maximum Gasteiger partial charge on any atom is 0.348 e. The maximum absolute atomic E-state index is 12.8. The fourth-order valence-corrected chi connectivity index (χ4v) is 10.9. The summed E-state index contributed by atoms with van der Waals surface area (Å²) < 4.78 is 101. The summed E-state index contributed by atoms with van der Waals surface area (Å²) in [6.07, 6.45) is 3.87. The molecule has 0 atom stereocenters. The van der Waals surface area contributed by atoms with E-state index in [2.05, 4.69) is 46.0 Å². The van der Waals surface area contributed by atoms with E-state index in [0.29, 0.717) is 11.1 Å². The summed E-state index contributed by atoms with van der Waals surface area (Å²) in [6, 6.07) is 20.9. The van der Waals surface area contributed by atoms with Crippen molar-refractivity contribution in [2.75, 3.05) is 35.7 Å². The molecule has 22 nitrogen and oxygen atoms in total.